The van der Waals surface area contributed by atoms with Gasteiger partial charge in [0.1, 0.15) is 0 Å². The zero-order valence-electron chi connectivity index (χ0n) is 13.1. The molecule has 0 saturated heterocycles. The number of aryl methyl sites for hydroxylation is 1. The largest absolute Gasteiger partial charge is 0.387 e. The van der Waals surface area contributed by atoms with Crippen molar-refractivity contribution in [3.8, 4) is 0 Å². The molecule has 0 aliphatic rings. The molecule has 0 saturated carbocycles. The lowest BCUT2D eigenvalue weighted by atomic mass is 10.1. The van der Waals surface area contributed by atoms with Gasteiger partial charge < -0.3 is 19.9 Å². The van der Waals surface area contributed by atoms with Crippen molar-refractivity contribution in [2.75, 3.05) is 32.5 Å². The van der Waals surface area contributed by atoms with Gasteiger partial charge in [0.25, 0.3) is 5.56 Å². The standard InChI is InChI=1S/C16H23N3O2/c1-16(21,11-18(2)3)10-17-13-9-15(20)19(4)14-8-6-5-7-12(13)14/h5-9,17,21H,10-11H2,1-4H3. The van der Waals surface area contributed by atoms with Crippen LogP contribution >= 0.6 is 0 Å². The van der Waals surface area contributed by atoms with Gasteiger partial charge in [-0.25, -0.2) is 0 Å². The molecule has 1 aromatic heterocycles. The van der Waals surface area contributed by atoms with Crippen LogP contribution in [0.25, 0.3) is 10.9 Å². The van der Waals surface area contributed by atoms with E-state index in [0.717, 1.165) is 16.6 Å². The fourth-order valence-electron chi connectivity index (χ4n) is 2.58. The van der Waals surface area contributed by atoms with Gasteiger partial charge in [0.05, 0.1) is 11.1 Å². The first-order valence-electron chi connectivity index (χ1n) is 7.00. The molecule has 1 aromatic carbocycles. The fourth-order valence-corrected chi connectivity index (χ4v) is 2.58. The van der Waals surface area contributed by atoms with Gasteiger partial charge in [-0.2, -0.15) is 0 Å². The van der Waals surface area contributed by atoms with Gasteiger partial charge in [-0.1, -0.05) is 18.2 Å². The first kappa shape index (κ1) is 15.5. The third-order valence-corrected chi connectivity index (χ3v) is 3.47. The van der Waals surface area contributed by atoms with Crippen molar-refractivity contribution < 1.29 is 5.11 Å². The van der Waals surface area contributed by atoms with E-state index in [2.05, 4.69) is 5.32 Å². The van der Waals surface area contributed by atoms with Crippen LogP contribution in [0.5, 0.6) is 0 Å². The normalized spacial score (nSPS) is 14.4. The van der Waals surface area contributed by atoms with Gasteiger partial charge in [0.15, 0.2) is 0 Å². The van der Waals surface area contributed by atoms with Crippen LogP contribution in [0.2, 0.25) is 0 Å². The average Bonchev–Trinajstić information content (AvgIpc) is 2.40. The second-order valence-corrected chi connectivity index (χ2v) is 6.06. The molecule has 0 bridgehead atoms. The Morgan fingerprint density at radius 2 is 2.00 bits per heavy atom. The van der Waals surface area contributed by atoms with Gasteiger partial charge in [-0.15, -0.1) is 0 Å². The van der Waals surface area contributed by atoms with E-state index in [1.165, 1.54) is 0 Å². The molecule has 2 N–H and O–H groups in total. The number of aliphatic hydroxyl groups is 1. The second-order valence-electron chi connectivity index (χ2n) is 6.06. The van der Waals surface area contributed by atoms with Crippen molar-refractivity contribution in [3.05, 3.63) is 40.7 Å². The third-order valence-electron chi connectivity index (χ3n) is 3.47. The highest BCUT2D eigenvalue weighted by Gasteiger charge is 2.21. The van der Waals surface area contributed by atoms with Crippen LogP contribution in [-0.2, 0) is 7.05 Å². The van der Waals surface area contributed by atoms with E-state index in [-0.39, 0.29) is 5.56 Å². The summed E-state index contributed by atoms with van der Waals surface area (Å²) in [5, 5.41) is 14.5. The fraction of sp³-hybridized carbons (Fsp3) is 0.438. The van der Waals surface area contributed by atoms with Crippen LogP contribution in [0.15, 0.2) is 35.1 Å². The monoisotopic (exact) mass is 289 g/mol. The summed E-state index contributed by atoms with van der Waals surface area (Å²) in [5.74, 6) is 0. The summed E-state index contributed by atoms with van der Waals surface area (Å²) in [6.07, 6.45) is 0. The van der Waals surface area contributed by atoms with Crippen molar-refractivity contribution in [2.24, 2.45) is 7.05 Å². The number of likely N-dealkylation sites (N-methyl/N-ethyl adjacent to an activating group) is 1. The minimum Gasteiger partial charge on any atom is -0.387 e. The molecule has 0 radical (unpaired) electrons. The third kappa shape index (κ3) is 3.62. The molecule has 114 valence electrons. The first-order chi connectivity index (χ1) is 9.80. The number of hydrogen-bond acceptors (Lipinski definition) is 4. The highest BCUT2D eigenvalue weighted by Crippen LogP contribution is 2.21. The van der Waals surface area contributed by atoms with Crippen LogP contribution in [0.1, 0.15) is 6.92 Å². The van der Waals surface area contributed by atoms with E-state index < -0.39 is 5.60 Å². The Morgan fingerprint density at radius 1 is 1.33 bits per heavy atom. The van der Waals surface area contributed by atoms with Crippen LogP contribution in [0, 0.1) is 0 Å². The van der Waals surface area contributed by atoms with Crippen LogP contribution < -0.4 is 10.9 Å². The lowest BCUT2D eigenvalue weighted by Crippen LogP contribution is -2.43. The van der Waals surface area contributed by atoms with E-state index in [1.807, 2.05) is 43.3 Å². The van der Waals surface area contributed by atoms with Crippen molar-refractivity contribution in [1.82, 2.24) is 9.47 Å². The van der Waals surface area contributed by atoms with E-state index in [9.17, 15) is 9.90 Å². The Morgan fingerprint density at radius 3 is 2.67 bits per heavy atom. The van der Waals surface area contributed by atoms with Gasteiger partial charge in [-0.3, -0.25) is 4.79 Å². The Bertz CT molecular complexity index is 689. The number of nitrogens with one attached hydrogen (secondary N) is 1. The quantitative estimate of drug-likeness (QED) is 0.870. The zero-order valence-corrected chi connectivity index (χ0v) is 13.1. The number of hydrogen-bond donors (Lipinski definition) is 2. The molecule has 0 fully saturated rings. The summed E-state index contributed by atoms with van der Waals surface area (Å²) >= 11 is 0. The molecule has 5 nitrogen and oxygen atoms in total. The lowest BCUT2D eigenvalue weighted by molar-refractivity contribution is 0.0460. The van der Waals surface area contributed by atoms with E-state index >= 15 is 0 Å². The van der Waals surface area contributed by atoms with Gasteiger partial charge in [0.2, 0.25) is 0 Å². The van der Waals surface area contributed by atoms with E-state index in [1.54, 1.807) is 24.6 Å². The van der Waals surface area contributed by atoms with Gasteiger partial charge in [-0.05, 0) is 27.1 Å². The highest BCUT2D eigenvalue weighted by molar-refractivity contribution is 5.91. The number of rotatable bonds is 5. The summed E-state index contributed by atoms with van der Waals surface area (Å²) in [5.41, 5.74) is 0.696. The molecular weight excluding hydrogens is 266 g/mol. The maximum absolute atomic E-state index is 12.0. The molecule has 21 heavy (non-hydrogen) atoms. The summed E-state index contributed by atoms with van der Waals surface area (Å²) in [4.78, 5) is 13.9. The number of anilines is 1. The Labute approximate surface area is 124 Å². The summed E-state index contributed by atoms with van der Waals surface area (Å²) in [7, 11) is 5.60. The molecular formula is C16H23N3O2. The Balaban J connectivity index is 2.31. The maximum Gasteiger partial charge on any atom is 0.252 e. The molecule has 0 spiro atoms. The van der Waals surface area contributed by atoms with Crippen LogP contribution in [-0.4, -0.2) is 47.4 Å². The summed E-state index contributed by atoms with van der Waals surface area (Å²) in [6, 6.07) is 9.31. The predicted molar refractivity (Wildman–Crippen MR) is 86.9 cm³/mol. The molecule has 5 heteroatoms. The summed E-state index contributed by atoms with van der Waals surface area (Å²) in [6.45, 7) is 2.70. The predicted octanol–water partition coefficient (Wildman–Crippen LogP) is 1.26. The van der Waals surface area contributed by atoms with Gasteiger partial charge >= 0.3 is 0 Å². The SMILES string of the molecule is CN(C)CC(C)(O)CNc1cc(=O)n(C)c2ccccc12. The maximum atomic E-state index is 12.0. The molecule has 1 atom stereocenters. The Hall–Kier alpha value is -1.85. The number of pyridine rings is 1. The summed E-state index contributed by atoms with van der Waals surface area (Å²) < 4.78 is 1.62. The molecule has 2 rings (SSSR count). The molecule has 1 unspecified atom stereocenters. The number of fused-ring (bicyclic) bond motifs is 1. The van der Waals surface area contributed by atoms with Crippen molar-refractivity contribution in [1.29, 1.82) is 0 Å². The zero-order chi connectivity index (χ0) is 15.6. The van der Waals surface area contributed by atoms with E-state index in [0.29, 0.717) is 13.1 Å². The van der Waals surface area contributed by atoms with Crippen LogP contribution in [0.4, 0.5) is 5.69 Å². The molecule has 1 heterocycles. The van der Waals surface area contributed by atoms with Crippen molar-refractivity contribution in [3.63, 3.8) is 0 Å². The number of para-hydroxylation sites is 1. The topological polar surface area (TPSA) is 57.5 Å². The minimum atomic E-state index is -0.869. The highest BCUT2D eigenvalue weighted by atomic mass is 16.3. The average molecular weight is 289 g/mol. The van der Waals surface area contributed by atoms with Crippen molar-refractivity contribution >= 4 is 16.6 Å². The van der Waals surface area contributed by atoms with E-state index in [4.69, 9.17) is 0 Å². The number of aromatic nitrogens is 1. The number of benzene rings is 1. The molecule has 0 amide bonds. The van der Waals surface area contributed by atoms with Crippen molar-refractivity contribution in [2.45, 2.75) is 12.5 Å². The second kappa shape index (κ2) is 5.87. The molecule has 0 aliphatic heterocycles. The van der Waals surface area contributed by atoms with Crippen LogP contribution in [0.3, 0.4) is 0 Å². The minimum absolute atomic E-state index is 0.0662. The first-order valence-corrected chi connectivity index (χ1v) is 7.00. The van der Waals surface area contributed by atoms with Gasteiger partial charge in [0, 0.05) is 37.3 Å². The smallest absolute Gasteiger partial charge is 0.252 e. The Kier molecular flexibility index (Phi) is 4.34. The molecule has 0 aliphatic carbocycles. The molecule has 2 aromatic rings. The number of nitrogens with zero attached hydrogens (tertiary/aromatic N) is 2. The lowest BCUT2D eigenvalue weighted by Gasteiger charge is -2.27.